The van der Waals surface area contributed by atoms with Gasteiger partial charge in [0.2, 0.25) is 4.87 Å². The van der Waals surface area contributed by atoms with Gasteiger partial charge < -0.3 is 0 Å². The first-order valence-electron chi connectivity index (χ1n) is 2.60. The Labute approximate surface area is 56.5 Å². The summed E-state index contributed by atoms with van der Waals surface area (Å²) in [5, 5.41) is 0.697. The number of nitroso groups, excluding NO2 is 1. The van der Waals surface area contributed by atoms with Gasteiger partial charge in [-0.05, 0) is 0 Å². The van der Waals surface area contributed by atoms with E-state index in [1.165, 1.54) is 7.05 Å². The van der Waals surface area contributed by atoms with E-state index < -0.39 is 11.8 Å². The average molecular weight is 141 g/mol. The van der Waals surface area contributed by atoms with Crippen LogP contribution in [0.4, 0.5) is 0 Å². The van der Waals surface area contributed by atoms with E-state index in [0.717, 1.165) is 12.2 Å². The number of hydrogen-bond acceptors (Lipinski definition) is 3. The van der Waals surface area contributed by atoms with Crippen LogP contribution in [0.3, 0.4) is 0 Å². The highest BCUT2D eigenvalue weighted by atomic mass is 16.4. The van der Waals surface area contributed by atoms with Crippen molar-refractivity contribution in [2.45, 2.75) is 0 Å². The van der Waals surface area contributed by atoms with Gasteiger partial charge in [-0.15, -0.1) is 0 Å². The molecule has 0 spiro atoms. The number of carbonyl (C=O) groups excluding carboxylic acids is 2. The van der Waals surface area contributed by atoms with Gasteiger partial charge in [-0.25, -0.2) is 4.79 Å². The van der Waals surface area contributed by atoms with Crippen LogP contribution in [0.5, 0.6) is 0 Å². The average Bonchev–Trinajstić information content (AvgIpc) is 1.93. The van der Waals surface area contributed by atoms with E-state index in [0.29, 0.717) is 5.01 Å². The molecule has 2 amide bonds. The maximum absolute atomic E-state index is 10.6. The Hall–Kier alpha value is -1.52. The summed E-state index contributed by atoms with van der Waals surface area (Å²) in [6, 6.07) is 0. The van der Waals surface area contributed by atoms with Gasteiger partial charge in [0.05, 0.1) is 18.0 Å². The van der Waals surface area contributed by atoms with Gasteiger partial charge in [0.25, 0.3) is 0 Å². The quantitative estimate of drug-likeness (QED) is 0.416. The van der Waals surface area contributed by atoms with E-state index in [9.17, 15) is 14.5 Å². The van der Waals surface area contributed by atoms with E-state index in [2.05, 4.69) is 0 Å². The molecule has 0 aromatic carbocycles. The molecule has 0 unspecified atom stereocenters. The van der Waals surface area contributed by atoms with E-state index in [-0.39, 0.29) is 4.87 Å². The second-order valence-electron chi connectivity index (χ2n) is 1.81. The fraction of sp³-hybridized carbons (Fsp3) is 0.200. The van der Waals surface area contributed by atoms with Crippen LogP contribution in [0.15, 0.2) is 12.2 Å². The molecule has 5 heteroatoms. The Bertz CT molecular complexity index is 243. The van der Waals surface area contributed by atoms with Crippen molar-refractivity contribution < 1.29 is 14.5 Å². The van der Waals surface area contributed by atoms with Crippen molar-refractivity contribution in [1.29, 1.82) is 0 Å². The van der Waals surface area contributed by atoms with E-state index in [1.807, 2.05) is 0 Å². The number of nitrogens with zero attached hydrogens (tertiary/aromatic N) is 2. The molecule has 0 fully saturated rings. The molecule has 0 atom stereocenters. The van der Waals surface area contributed by atoms with Crippen LogP contribution in [0, 0.1) is 4.91 Å². The largest absolute Gasteiger partial charge is 0.491 e. The van der Waals surface area contributed by atoms with Crippen LogP contribution in [0.1, 0.15) is 0 Å². The number of likely N-dealkylation sites (N-methyl/N-ethyl adjacent to an activating group) is 1. The minimum Gasteiger partial charge on any atom is -0.264 e. The molecule has 5 nitrogen and oxygen atoms in total. The van der Waals surface area contributed by atoms with E-state index in [4.69, 9.17) is 0 Å². The lowest BCUT2D eigenvalue weighted by Gasteiger charge is -2.03. The third-order valence-corrected chi connectivity index (χ3v) is 1.15. The zero-order chi connectivity index (χ0) is 7.72. The van der Waals surface area contributed by atoms with Crippen molar-refractivity contribution in [3.63, 3.8) is 0 Å². The van der Waals surface area contributed by atoms with Crippen LogP contribution < -0.4 is 0 Å². The molecular formula is C5H5N2O3+. The van der Waals surface area contributed by atoms with Gasteiger partial charge >= 0.3 is 11.8 Å². The van der Waals surface area contributed by atoms with Crippen LogP contribution in [-0.4, -0.2) is 28.7 Å². The predicted molar refractivity (Wildman–Crippen MR) is 30.5 cm³/mol. The molecule has 52 valence electrons. The Morgan fingerprint density at radius 3 is 2.50 bits per heavy atom. The molecule has 1 rings (SSSR count). The third kappa shape index (κ3) is 0.812. The van der Waals surface area contributed by atoms with Crippen LogP contribution in [-0.2, 0) is 9.59 Å². The summed E-state index contributed by atoms with van der Waals surface area (Å²) >= 11 is 0. The van der Waals surface area contributed by atoms with Gasteiger partial charge in [-0.1, -0.05) is 5.01 Å². The minimum absolute atomic E-state index is 0.00231. The van der Waals surface area contributed by atoms with Gasteiger partial charge in [-0.2, -0.15) is 0 Å². The van der Waals surface area contributed by atoms with Crippen molar-refractivity contribution in [3.8, 4) is 0 Å². The highest BCUT2D eigenvalue weighted by Crippen LogP contribution is 1.96. The fourth-order valence-corrected chi connectivity index (χ4v) is 0.552. The summed E-state index contributed by atoms with van der Waals surface area (Å²) < 4.78 is 0. The second-order valence-corrected chi connectivity index (χ2v) is 1.81. The Morgan fingerprint density at radius 2 is 2.00 bits per heavy atom. The lowest BCUT2D eigenvalue weighted by atomic mass is 10.4. The number of amides is 2. The van der Waals surface area contributed by atoms with E-state index in [1.54, 1.807) is 0 Å². The van der Waals surface area contributed by atoms with Crippen molar-refractivity contribution in [2.75, 3.05) is 7.05 Å². The maximum Gasteiger partial charge on any atom is 0.491 e. The Morgan fingerprint density at radius 1 is 1.40 bits per heavy atom. The van der Waals surface area contributed by atoms with Gasteiger partial charge in [-0.3, -0.25) is 4.79 Å². The van der Waals surface area contributed by atoms with Crippen LogP contribution in [0.25, 0.3) is 0 Å². The second kappa shape index (κ2) is 2.02. The van der Waals surface area contributed by atoms with Gasteiger partial charge in [0.1, 0.15) is 0 Å². The molecular weight excluding hydrogens is 136 g/mol. The number of hydrogen-bond donors (Lipinski definition) is 0. The van der Waals surface area contributed by atoms with Crippen molar-refractivity contribution in [2.24, 2.45) is 0 Å². The number of rotatable bonds is 0. The van der Waals surface area contributed by atoms with Crippen LogP contribution >= 0.6 is 0 Å². The molecule has 1 aliphatic rings. The molecule has 1 aliphatic heterocycles. The topological polar surface area (TPSA) is 57.5 Å². The maximum atomic E-state index is 10.6. The lowest BCUT2D eigenvalue weighted by Crippen LogP contribution is -2.40. The first-order valence-corrected chi connectivity index (χ1v) is 2.60. The summed E-state index contributed by atoms with van der Waals surface area (Å²) in [7, 11) is 1.23. The standard InChI is InChI=1S/C5H5N2O3/c1-6-4(8)2-3-5(9)7(6)10/h2-3H,1H3/q+1. The van der Waals surface area contributed by atoms with Crippen molar-refractivity contribution in [3.05, 3.63) is 17.1 Å². The minimum atomic E-state index is -0.734. The monoisotopic (exact) mass is 141 g/mol. The summed E-state index contributed by atoms with van der Waals surface area (Å²) in [6.45, 7) is 0. The molecule has 0 saturated heterocycles. The molecule has 0 N–H and O–H groups in total. The Kier molecular flexibility index (Phi) is 1.33. The molecule has 0 aromatic rings. The summed E-state index contributed by atoms with van der Waals surface area (Å²) in [6.07, 6.45) is 1.99. The highest BCUT2D eigenvalue weighted by Gasteiger charge is 2.33. The first kappa shape index (κ1) is 6.60. The summed E-state index contributed by atoms with van der Waals surface area (Å²) in [4.78, 5) is 31.6. The highest BCUT2D eigenvalue weighted by molar-refractivity contribution is 5.96. The SMILES string of the molecule is CN1C(=O)C=CC(=O)[N+]1=O. The summed E-state index contributed by atoms with van der Waals surface area (Å²) in [5.74, 6) is -1.23. The fourth-order valence-electron chi connectivity index (χ4n) is 0.552. The first-order chi connectivity index (χ1) is 4.63. The predicted octanol–water partition coefficient (Wildman–Crippen LogP) is -0.765. The third-order valence-electron chi connectivity index (χ3n) is 1.15. The lowest BCUT2D eigenvalue weighted by molar-refractivity contribution is -0.606. The zero-order valence-corrected chi connectivity index (χ0v) is 5.27. The molecule has 0 bridgehead atoms. The molecule has 0 saturated carbocycles. The normalized spacial score (nSPS) is 18.5. The molecule has 1 heterocycles. The summed E-state index contributed by atoms with van der Waals surface area (Å²) in [5.41, 5.74) is 0. The van der Waals surface area contributed by atoms with Gasteiger partial charge in [0, 0.05) is 6.08 Å². The smallest absolute Gasteiger partial charge is 0.264 e. The van der Waals surface area contributed by atoms with Crippen molar-refractivity contribution >= 4 is 11.8 Å². The van der Waals surface area contributed by atoms with E-state index >= 15 is 0 Å². The molecule has 0 radical (unpaired) electrons. The van der Waals surface area contributed by atoms with Gasteiger partial charge in [0.15, 0.2) is 0 Å². The van der Waals surface area contributed by atoms with Crippen LogP contribution in [0.2, 0.25) is 0 Å². The Balaban J connectivity index is 3.00. The number of hydrazine groups is 1. The molecule has 0 aliphatic carbocycles. The molecule has 0 aromatic heterocycles. The molecule has 10 heavy (non-hydrogen) atoms. The zero-order valence-electron chi connectivity index (χ0n) is 5.27. The van der Waals surface area contributed by atoms with Crippen molar-refractivity contribution in [1.82, 2.24) is 5.01 Å². The number of carbonyl (C=O) groups is 2.